The Labute approximate surface area is 107 Å². The summed E-state index contributed by atoms with van der Waals surface area (Å²) in [6.07, 6.45) is -0.00682. The van der Waals surface area contributed by atoms with Crippen molar-refractivity contribution in [3.8, 4) is 0 Å². The van der Waals surface area contributed by atoms with Crippen LogP contribution in [-0.2, 0) is 9.59 Å². The second-order valence-corrected chi connectivity index (χ2v) is 4.93. The van der Waals surface area contributed by atoms with Crippen LogP contribution in [0.4, 0.5) is 5.69 Å². The first-order chi connectivity index (χ1) is 7.50. The molecular formula is C11H9BrClNO2. The number of benzene rings is 1. The van der Waals surface area contributed by atoms with E-state index in [1.54, 1.807) is 12.1 Å². The van der Waals surface area contributed by atoms with Gasteiger partial charge in [-0.05, 0) is 40.5 Å². The molecule has 1 fully saturated rings. The van der Waals surface area contributed by atoms with Crippen LogP contribution in [0, 0.1) is 6.92 Å². The van der Waals surface area contributed by atoms with Gasteiger partial charge >= 0.3 is 0 Å². The van der Waals surface area contributed by atoms with E-state index in [0.29, 0.717) is 10.7 Å². The van der Waals surface area contributed by atoms with Crippen molar-refractivity contribution in [3.63, 3.8) is 0 Å². The zero-order chi connectivity index (χ0) is 11.9. The van der Waals surface area contributed by atoms with Gasteiger partial charge in [0.2, 0.25) is 5.91 Å². The van der Waals surface area contributed by atoms with E-state index in [1.807, 2.05) is 6.92 Å². The number of anilines is 1. The Hall–Kier alpha value is -0.870. The number of carbonyl (C=O) groups excluding carboxylic acids is 2. The average molecular weight is 303 g/mol. The van der Waals surface area contributed by atoms with Crippen molar-refractivity contribution in [1.82, 2.24) is 0 Å². The summed E-state index contributed by atoms with van der Waals surface area (Å²) < 4.78 is 0.786. The van der Waals surface area contributed by atoms with E-state index in [2.05, 4.69) is 15.9 Å². The van der Waals surface area contributed by atoms with E-state index in [0.717, 1.165) is 10.0 Å². The molecule has 0 spiro atoms. The predicted octanol–water partition coefficient (Wildman–Crippen LogP) is 2.72. The molecule has 0 bridgehead atoms. The molecule has 0 radical (unpaired) electrons. The number of nitrogens with zero attached hydrogens (tertiary/aromatic N) is 1. The van der Waals surface area contributed by atoms with Gasteiger partial charge in [-0.1, -0.05) is 11.6 Å². The Morgan fingerprint density at radius 3 is 2.62 bits per heavy atom. The van der Waals surface area contributed by atoms with Crippen molar-refractivity contribution in [3.05, 3.63) is 27.2 Å². The van der Waals surface area contributed by atoms with Gasteiger partial charge in [-0.2, -0.15) is 0 Å². The molecule has 0 saturated carbocycles. The molecule has 0 aliphatic carbocycles. The van der Waals surface area contributed by atoms with Crippen molar-refractivity contribution >= 4 is 44.9 Å². The minimum atomic E-state index is -0.161. The first-order valence-corrected chi connectivity index (χ1v) is 5.94. The number of amides is 1. The van der Waals surface area contributed by atoms with Crippen molar-refractivity contribution in [2.24, 2.45) is 0 Å². The Morgan fingerprint density at radius 2 is 2.06 bits per heavy atom. The summed E-state index contributed by atoms with van der Waals surface area (Å²) in [5.74, 6) is -0.213. The standard InChI is InChI=1S/C11H9BrClNO2/c1-6-9(3-2-8(12)11(6)13)14-5-7(15)4-10(14)16/h2-3H,4-5H2,1H3. The second-order valence-electron chi connectivity index (χ2n) is 3.70. The van der Waals surface area contributed by atoms with Crippen molar-refractivity contribution in [2.45, 2.75) is 13.3 Å². The maximum atomic E-state index is 11.6. The molecule has 1 aromatic carbocycles. The highest BCUT2D eigenvalue weighted by Crippen LogP contribution is 2.34. The lowest BCUT2D eigenvalue weighted by atomic mass is 10.2. The van der Waals surface area contributed by atoms with Crippen LogP contribution in [0.3, 0.4) is 0 Å². The maximum absolute atomic E-state index is 11.6. The van der Waals surface area contributed by atoms with E-state index in [-0.39, 0.29) is 24.7 Å². The van der Waals surface area contributed by atoms with Gasteiger partial charge in [-0.25, -0.2) is 0 Å². The van der Waals surface area contributed by atoms with Crippen molar-refractivity contribution in [1.29, 1.82) is 0 Å². The minimum Gasteiger partial charge on any atom is -0.304 e. The molecule has 1 aromatic rings. The normalized spacial score (nSPS) is 16.1. The summed E-state index contributed by atoms with van der Waals surface area (Å²) in [4.78, 5) is 24.3. The van der Waals surface area contributed by atoms with Gasteiger partial charge in [0.1, 0.15) is 0 Å². The van der Waals surface area contributed by atoms with Gasteiger partial charge in [-0.15, -0.1) is 0 Å². The Bertz CT molecular complexity index is 487. The zero-order valence-corrected chi connectivity index (χ0v) is 10.9. The molecule has 0 atom stereocenters. The first kappa shape index (κ1) is 11.6. The van der Waals surface area contributed by atoms with Crippen molar-refractivity contribution < 1.29 is 9.59 Å². The number of rotatable bonds is 1. The summed E-state index contributed by atoms with van der Waals surface area (Å²) >= 11 is 9.39. The van der Waals surface area contributed by atoms with Crippen LogP contribution in [-0.4, -0.2) is 18.2 Å². The smallest absolute Gasteiger partial charge is 0.234 e. The summed E-state index contributed by atoms with van der Waals surface area (Å²) in [7, 11) is 0. The molecule has 0 N–H and O–H groups in total. The molecule has 2 rings (SSSR count). The largest absolute Gasteiger partial charge is 0.304 e. The predicted molar refractivity (Wildman–Crippen MR) is 65.9 cm³/mol. The molecule has 0 aromatic heterocycles. The molecule has 1 heterocycles. The van der Waals surface area contributed by atoms with Crippen LogP contribution in [0.25, 0.3) is 0 Å². The minimum absolute atomic E-state index is 0.00682. The van der Waals surface area contributed by atoms with Gasteiger partial charge in [0.25, 0.3) is 0 Å². The Kier molecular flexibility index (Phi) is 3.04. The van der Waals surface area contributed by atoms with Crippen LogP contribution in [0.2, 0.25) is 5.02 Å². The van der Waals surface area contributed by atoms with Gasteiger partial charge in [0.05, 0.1) is 18.0 Å². The lowest BCUT2D eigenvalue weighted by Gasteiger charge is -2.18. The molecule has 1 aliphatic heterocycles. The van der Waals surface area contributed by atoms with Gasteiger partial charge < -0.3 is 4.90 Å². The van der Waals surface area contributed by atoms with Crippen molar-refractivity contribution in [2.75, 3.05) is 11.4 Å². The molecule has 84 valence electrons. The van der Waals surface area contributed by atoms with Gasteiger partial charge in [0, 0.05) is 10.2 Å². The fraction of sp³-hybridized carbons (Fsp3) is 0.273. The van der Waals surface area contributed by atoms with E-state index in [1.165, 1.54) is 4.90 Å². The molecule has 1 amide bonds. The monoisotopic (exact) mass is 301 g/mol. The van der Waals surface area contributed by atoms with E-state index in [4.69, 9.17) is 11.6 Å². The summed E-state index contributed by atoms with van der Waals surface area (Å²) in [6, 6.07) is 3.57. The molecule has 3 nitrogen and oxygen atoms in total. The molecule has 5 heteroatoms. The number of Topliss-reactive ketones (excluding diaryl/α,β-unsaturated/α-hetero) is 1. The lowest BCUT2D eigenvalue weighted by Crippen LogP contribution is -2.25. The molecule has 0 unspecified atom stereocenters. The SMILES string of the molecule is Cc1c(N2CC(=O)CC2=O)ccc(Br)c1Cl. The average Bonchev–Trinajstić information content (AvgIpc) is 2.55. The fourth-order valence-electron chi connectivity index (χ4n) is 1.74. The highest BCUT2D eigenvalue weighted by atomic mass is 79.9. The molecule has 16 heavy (non-hydrogen) atoms. The Balaban J connectivity index is 2.45. The van der Waals surface area contributed by atoms with Gasteiger partial charge in [0.15, 0.2) is 5.78 Å². The van der Waals surface area contributed by atoms with Crippen LogP contribution < -0.4 is 4.90 Å². The number of ketones is 1. The summed E-state index contributed by atoms with van der Waals surface area (Å²) in [5.41, 5.74) is 1.52. The number of hydrogen-bond acceptors (Lipinski definition) is 2. The third-order valence-corrected chi connectivity index (χ3v) is 3.96. The maximum Gasteiger partial charge on any atom is 0.234 e. The molecule has 1 aliphatic rings. The van der Waals surface area contributed by atoms with Crippen LogP contribution in [0.15, 0.2) is 16.6 Å². The van der Waals surface area contributed by atoms with E-state index >= 15 is 0 Å². The highest BCUT2D eigenvalue weighted by Gasteiger charge is 2.29. The lowest BCUT2D eigenvalue weighted by molar-refractivity contribution is -0.121. The topological polar surface area (TPSA) is 37.4 Å². The van der Waals surface area contributed by atoms with Crippen LogP contribution >= 0.6 is 27.5 Å². The van der Waals surface area contributed by atoms with E-state index in [9.17, 15) is 9.59 Å². The Morgan fingerprint density at radius 1 is 1.38 bits per heavy atom. The van der Waals surface area contributed by atoms with Gasteiger partial charge in [-0.3, -0.25) is 9.59 Å². The second kappa shape index (κ2) is 4.18. The summed E-state index contributed by atoms with van der Waals surface area (Å²) in [6.45, 7) is 1.98. The fourth-order valence-corrected chi connectivity index (χ4v) is 2.33. The number of carbonyl (C=O) groups is 2. The number of hydrogen-bond donors (Lipinski definition) is 0. The summed E-state index contributed by atoms with van der Waals surface area (Å²) in [5, 5.41) is 0.574. The van der Waals surface area contributed by atoms with E-state index < -0.39 is 0 Å². The third kappa shape index (κ3) is 1.87. The molecular weight excluding hydrogens is 293 g/mol. The third-order valence-electron chi connectivity index (χ3n) is 2.59. The van der Waals surface area contributed by atoms with Crippen LogP contribution in [0.1, 0.15) is 12.0 Å². The molecule has 1 saturated heterocycles. The highest BCUT2D eigenvalue weighted by molar-refractivity contribution is 9.10. The first-order valence-electron chi connectivity index (χ1n) is 4.77. The number of halogens is 2. The quantitative estimate of drug-likeness (QED) is 0.748. The zero-order valence-electron chi connectivity index (χ0n) is 8.59. The van der Waals surface area contributed by atoms with Crippen LogP contribution in [0.5, 0.6) is 0 Å².